The molecule has 1 aromatic heterocycles. The van der Waals surface area contributed by atoms with Gasteiger partial charge in [-0.05, 0) is 53.1 Å². The van der Waals surface area contributed by atoms with Gasteiger partial charge in [-0.25, -0.2) is 0 Å². The predicted octanol–water partition coefficient (Wildman–Crippen LogP) is 3.36. The third-order valence-electron chi connectivity index (χ3n) is 5.66. The van der Waals surface area contributed by atoms with Crippen molar-refractivity contribution in [3.63, 3.8) is 0 Å². The minimum absolute atomic E-state index is 0.153. The van der Waals surface area contributed by atoms with E-state index in [1.165, 1.54) is 48.8 Å². The highest BCUT2D eigenvalue weighted by Gasteiger charge is 2.18. The molecular weight excluding hydrogens is 364 g/mol. The molecule has 1 heterocycles. The minimum atomic E-state index is -0.153. The Labute approximate surface area is 170 Å². The topological polar surface area (TPSA) is 75.9 Å². The van der Waals surface area contributed by atoms with Gasteiger partial charge in [-0.2, -0.15) is 4.68 Å². The third-order valence-corrected chi connectivity index (χ3v) is 5.66. The van der Waals surface area contributed by atoms with Crippen LogP contribution >= 0.6 is 0 Å². The first-order valence-electron chi connectivity index (χ1n) is 10.1. The molecule has 150 valence electrons. The van der Waals surface area contributed by atoms with Gasteiger partial charge in [0, 0.05) is 25.3 Å². The van der Waals surface area contributed by atoms with Gasteiger partial charge in [-0.1, -0.05) is 43.5 Å². The second kappa shape index (κ2) is 8.86. The van der Waals surface area contributed by atoms with E-state index < -0.39 is 0 Å². The van der Waals surface area contributed by atoms with E-state index in [4.69, 9.17) is 0 Å². The number of carbonyl (C=O) groups is 1. The standard InChI is InChI=1S/C22H26N6O/c1-27(18-7-3-2-4-8-18)19-13-11-17(12-14-19)15-23-22(29)20-9-5-6-10-21(20)28-16-24-25-26-28/h5-6,9-14,16,18H,2-4,7-8,15H2,1H3,(H,23,29). The van der Waals surface area contributed by atoms with Crippen molar-refractivity contribution in [2.75, 3.05) is 11.9 Å². The number of benzene rings is 2. The number of nitrogens with one attached hydrogen (secondary N) is 1. The van der Waals surface area contributed by atoms with Crippen LogP contribution in [0.5, 0.6) is 0 Å². The molecule has 1 N–H and O–H groups in total. The molecule has 29 heavy (non-hydrogen) atoms. The summed E-state index contributed by atoms with van der Waals surface area (Å²) >= 11 is 0. The Balaban J connectivity index is 1.39. The average molecular weight is 390 g/mol. The first-order chi connectivity index (χ1) is 14.2. The molecule has 0 saturated heterocycles. The normalized spacial score (nSPS) is 14.5. The van der Waals surface area contributed by atoms with Crippen molar-refractivity contribution >= 4 is 11.6 Å². The Kier molecular flexibility index (Phi) is 5.84. The molecule has 0 bridgehead atoms. The van der Waals surface area contributed by atoms with E-state index in [2.05, 4.69) is 57.1 Å². The number of nitrogens with zero attached hydrogens (tertiary/aromatic N) is 5. The zero-order chi connectivity index (χ0) is 20.1. The predicted molar refractivity (Wildman–Crippen MR) is 112 cm³/mol. The van der Waals surface area contributed by atoms with Gasteiger partial charge in [-0.3, -0.25) is 4.79 Å². The van der Waals surface area contributed by atoms with Crippen LogP contribution in [0.4, 0.5) is 5.69 Å². The molecule has 1 amide bonds. The van der Waals surface area contributed by atoms with E-state index in [0.29, 0.717) is 23.8 Å². The average Bonchev–Trinajstić information content (AvgIpc) is 3.33. The first-order valence-corrected chi connectivity index (χ1v) is 10.1. The summed E-state index contributed by atoms with van der Waals surface area (Å²) < 4.78 is 1.49. The summed E-state index contributed by atoms with van der Waals surface area (Å²) in [5, 5.41) is 14.2. The van der Waals surface area contributed by atoms with Crippen LogP contribution in [0.1, 0.15) is 48.0 Å². The van der Waals surface area contributed by atoms with Gasteiger partial charge in [0.15, 0.2) is 0 Å². The summed E-state index contributed by atoms with van der Waals surface area (Å²) in [6.45, 7) is 0.468. The van der Waals surface area contributed by atoms with Crippen molar-refractivity contribution in [3.8, 4) is 5.69 Å². The zero-order valence-corrected chi connectivity index (χ0v) is 16.7. The monoisotopic (exact) mass is 390 g/mol. The van der Waals surface area contributed by atoms with Crippen LogP contribution < -0.4 is 10.2 Å². The maximum atomic E-state index is 12.7. The van der Waals surface area contributed by atoms with E-state index in [1.54, 1.807) is 6.07 Å². The Morgan fingerprint density at radius 3 is 2.59 bits per heavy atom. The Hall–Kier alpha value is -3.22. The van der Waals surface area contributed by atoms with E-state index >= 15 is 0 Å². The molecule has 1 saturated carbocycles. The van der Waals surface area contributed by atoms with Gasteiger partial charge >= 0.3 is 0 Å². The summed E-state index contributed by atoms with van der Waals surface area (Å²) in [4.78, 5) is 15.1. The van der Waals surface area contributed by atoms with Crippen LogP contribution in [0.25, 0.3) is 5.69 Å². The fourth-order valence-electron chi connectivity index (χ4n) is 3.94. The van der Waals surface area contributed by atoms with Crippen molar-refractivity contribution < 1.29 is 4.79 Å². The number of tetrazole rings is 1. The van der Waals surface area contributed by atoms with Gasteiger partial charge < -0.3 is 10.2 Å². The molecule has 0 spiro atoms. The molecule has 0 radical (unpaired) electrons. The second-order valence-corrected chi connectivity index (χ2v) is 7.52. The van der Waals surface area contributed by atoms with Gasteiger partial charge in [-0.15, -0.1) is 5.10 Å². The van der Waals surface area contributed by atoms with Crippen LogP contribution in [-0.2, 0) is 6.54 Å². The lowest BCUT2D eigenvalue weighted by Gasteiger charge is -2.33. The number of amides is 1. The number of hydrogen-bond acceptors (Lipinski definition) is 5. The quantitative estimate of drug-likeness (QED) is 0.698. The fourth-order valence-corrected chi connectivity index (χ4v) is 3.94. The van der Waals surface area contributed by atoms with Crippen LogP contribution in [0.15, 0.2) is 54.9 Å². The van der Waals surface area contributed by atoms with Crippen LogP contribution in [0.2, 0.25) is 0 Å². The van der Waals surface area contributed by atoms with Gasteiger partial charge in [0.25, 0.3) is 5.91 Å². The van der Waals surface area contributed by atoms with Crippen molar-refractivity contribution in [1.82, 2.24) is 25.5 Å². The lowest BCUT2D eigenvalue weighted by molar-refractivity contribution is 0.0950. The number of anilines is 1. The largest absolute Gasteiger partial charge is 0.372 e. The van der Waals surface area contributed by atoms with Crippen LogP contribution in [0, 0.1) is 0 Å². The molecule has 7 nitrogen and oxygen atoms in total. The molecule has 1 fully saturated rings. The number of carbonyl (C=O) groups excluding carboxylic acids is 1. The molecule has 1 aliphatic rings. The van der Waals surface area contributed by atoms with Gasteiger partial charge in [0.2, 0.25) is 0 Å². The Bertz CT molecular complexity index is 932. The Morgan fingerprint density at radius 2 is 1.86 bits per heavy atom. The molecule has 0 aliphatic heterocycles. The minimum Gasteiger partial charge on any atom is -0.372 e. The van der Waals surface area contributed by atoms with Crippen molar-refractivity contribution in [1.29, 1.82) is 0 Å². The highest BCUT2D eigenvalue weighted by atomic mass is 16.1. The molecule has 7 heteroatoms. The lowest BCUT2D eigenvalue weighted by Crippen LogP contribution is -2.33. The first kappa shape index (κ1) is 19.1. The van der Waals surface area contributed by atoms with Crippen LogP contribution in [0.3, 0.4) is 0 Å². The molecule has 3 aromatic rings. The second-order valence-electron chi connectivity index (χ2n) is 7.52. The van der Waals surface area contributed by atoms with Crippen molar-refractivity contribution in [2.24, 2.45) is 0 Å². The number of para-hydroxylation sites is 1. The van der Waals surface area contributed by atoms with E-state index in [9.17, 15) is 4.79 Å². The zero-order valence-electron chi connectivity index (χ0n) is 16.7. The molecule has 0 unspecified atom stereocenters. The summed E-state index contributed by atoms with van der Waals surface area (Å²) in [6, 6.07) is 16.4. The van der Waals surface area contributed by atoms with E-state index in [1.807, 2.05) is 18.2 Å². The van der Waals surface area contributed by atoms with Gasteiger partial charge in [0.1, 0.15) is 6.33 Å². The van der Waals surface area contributed by atoms with Crippen LogP contribution in [-0.4, -0.2) is 39.2 Å². The highest BCUT2D eigenvalue weighted by molar-refractivity contribution is 5.97. The summed E-state index contributed by atoms with van der Waals surface area (Å²) in [5.41, 5.74) is 3.49. The molecular formula is C22H26N6O. The summed E-state index contributed by atoms with van der Waals surface area (Å²) in [7, 11) is 2.18. The SMILES string of the molecule is CN(c1ccc(CNC(=O)c2ccccc2-n2cnnn2)cc1)C1CCCCC1. The molecule has 2 aromatic carbocycles. The fraction of sp³-hybridized carbons (Fsp3) is 0.364. The number of hydrogen-bond donors (Lipinski definition) is 1. The molecule has 0 atom stereocenters. The summed E-state index contributed by atoms with van der Waals surface area (Å²) in [6.07, 6.45) is 8.04. The lowest BCUT2D eigenvalue weighted by atomic mass is 9.94. The summed E-state index contributed by atoms with van der Waals surface area (Å²) in [5.74, 6) is -0.153. The molecule has 1 aliphatic carbocycles. The Morgan fingerprint density at radius 1 is 1.10 bits per heavy atom. The van der Waals surface area contributed by atoms with Crippen molar-refractivity contribution in [3.05, 3.63) is 66.0 Å². The number of aromatic nitrogens is 4. The third kappa shape index (κ3) is 4.45. The highest BCUT2D eigenvalue weighted by Crippen LogP contribution is 2.26. The maximum Gasteiger partial charge on any atom is 0.253 e. The smallest absolute Gasteiger partial charge is 0.253 e. The molecule has 4 rings (SSSR count). The van der Waals surface area contributed by atoms with Gasteiger partial charge in [0.05, 0.1) is 11.3 Å². The number of rotatable bonds is 6. The van der Waals surface area contributed by atoms with E-state index in [0.717, 1.165) is 5.56 Å². The van der Waals surface area contributed by atoms with E-state index in [-0.39, 0.29) is 5.91 Å². The maximum absolute atomic E-state index is 12.7. The van der Waals surface area contributed by atoms with Crippen molar-refractivity contribution in [2.45, 2.75) is 44.7 Å².